The van der Waals surface area contributed by atoms with Crippen LogP contribution in [0.1, 0.15) is 48.0 Å². The summed E-state index contributed by atoms with van der Waals surface area (Å²) in [6.07, 6.45) is 2.60. The second-order valence-corrected chi connectivity index (χ2v) is 10.7. The van der Waals surface area contributed by atoms with Crippen LogP contribution < -0.4 is 0 Å². The van der Waals surface area contributed by atoms with Gasteiger partial charge < -0.3 is 20.1 Å². The van der Waals surface area contributed by atoms with Crippen molar-refractivity contribution in [1.29, 1.82) is 0 Å². The fourth-order valence-corrected chi connectivity index (χ4v) is 7.13. The molecule has 1 unspecified atom stereocenters. The number of fused-ring (bicyclic) bond motifs is 3. The predicted molar refractivity (Wildman–Crippen MR) is 115 cm³/mol. The zero-order valence-corrected chi connectivity index (χ0v) is 19.1. The molecule has 9 atom stereocenters. The predicted octanol–water partition coefficient (Wildman–Crippen LogP) is 2.33. The first-order chi connectivity index (χ1) is 14.4. The van der Waals surface area contributed by atoms with Crippen molar-refractivity contribution in [2.75, 3.05) is 0 Å². The van der Waals surface area contributed by atoms with Gasteiger partial charge in [-0.1, -0.05) is 39.0 Å². The average molecular weight is 431 g/mol. The molecule has 0 aromatic heterocycles. The van der Waals surface area contributed by atoms with E-state index in [1.165, 1.54) is 0 Å². The van der Waals surface area contributed by atoms with E-state index in [1.807, 2.05) is 6.92 Å². The molecule has 4 aliphatic rings. The van der Waals surface area contributed by atoms with E-state index in [-0.39, 0.29) is 28.7 Å². The van der Waals surface area contributed by atoms with Crippen molar-refractivity contribution in [2.24, 2.45) is 34.5 Å². The van der Waals surface area contributed by atoms with E-state index in [0.717, 1.165) is 6.42 Å². The van der Waals surface area contributed by atoms with E-state index in [4.69, 9.17) is 4.74 Å². The van der Waals surface area contributed by atoms with E-state index < -0.39 is 35.3 Å². The minimum Gasteiger partial charge on any atom is -0.451 e. The highest BCUT2D eigenvalue weighted by atomic mass is 16.6. The van der Waals surface area contributed by atoms with Gasteiger partial charge in [-0.05, 0) is 55.9 Å². The van der Waals surface area contributed by atoms with E-state index >= 15 is 0 Å². The first-order valence-corrected chi connectivity index (χ1v) is 11.2. The number of aldehydes is 1. The van der Waals surface area contributed by atoms with Crippen LogP contribution >= 0.6 is 0 Å². The van der Waals surface area contributed by atoms with Crippen LogP contribution in [-0.4, -0.2) is 51.5 Å². The van der Waals surface area contributed by atoms with Gasteiger partial charge in [-0.3, -0.25) is 4.79 Å². The van der Waals surface area contributed by atoms with E-state index in [0.29, 0.717) is 23.4 Å². The number of hydrogen-bond acceptors (Lipinski definition) is 6. The van der Waals surface area contributed by atoms with Crippen molar-refractivity contribution in [3.05, 3.63) is 34.9 Å². The number of carbonyl (C=O) groups excluding carboxylic acids is 2. The molecule has 0 aromatic carbocycles. The van der Waals surface area contributed by atoms with Crippen LogP contribution in [0.4, 0.5) is 0 Å². The summed E-state index contributed by atoms with van der Waals surface area (Å²) >= 11 is 0. The van der Waals surface area contributed by atoms with Crippen molar-refractivity contribution in [3.63, 3.8) is 0 Å². The molecule has 0 radical (unpaired) electrons. The van der Waals surface area contributed by atoms with Gasteiger partial charge in [0.15, 0.2) is 6.10 Å². The third-order valence-corrected chi connectivity index (χ3v) is 9.04. The van der Waals surface area contributed by atoms with Crippen LogP contribution in [0.15, 0.2) is 34.9 Å². The Labute approximate surface area is 183 Å². The average Bonchev–Trinajstić information content (AvgIpc) is 3.21. The van der Waals surface area contributed by atoms with Gasteiger partial charge in [0.2, 0.25) is 0 Å². The normalized spacial score (nSPS) is 47.8. The van der Waals surface area contributed by atoms with E-state index in [1.54, 1.807) is 39.0 Å². The molecule has 2 saturated carbocycles. The number of aliphatic hydroxyl groups is 3. The molecule has 2 bridgehead atoms. The molecule has 4 aliphatic carbocycles. The van der Waals surface area contributed by atoms with Crippen molar-refractivity contribution < 1.29 is 29.6 Å². The van der Waals surface area contributed by atoms with Crippen LogP contribution in [0.2, 0.25) is 0 Å². The fraction of sp³-hybridized carbons (Fsp3) is 0.680. The highest BCUT2D eigenvalue weighted by Crippen LogP contribution is 2.72. The summed E-state index contributed by atoms with van der Waals surface area (Å²) in [5, 5.41) is 35.4. The first-order valence-electron chi connectivity index (χ1n) is 11.2. The third-order valence-electron chi connectivity index (χ3n) is 9.04. The lowest BCUT2D eigenvalue weighted by molar-refractivity contribution is -0.222. The van der Waals surface area contributed by atoms with Crippen molar-refractivity contribution in [2.45, 2.75) is 71.9 Å². The molecule has 170 valence electrons. The molecule has 0 heterocycles. The summed E-state index contributed by atoms with van der Waals surface area (Å²) in [6, 6.07) is 0. The number of hydrogen-bond donors (Lipinski definition) is 3. The molecular weight excluding hydrogens is 396 g/mol. The highest BCUT2D eigenvalue weighted by molar-refractivity contribution is 5.88. The van der Waals surface area contributed by atoms with Gasteiger partial charge in [-0.2, -0.15) is 0 Å². The van der Waals surface area contributed by atoms with Gasteiger partial charge in [0.05, 0.1) is 11.5 Å². The lowest BCUT2D eigenvalue weighted by Gasteiger charge is -2.52. The lowest BCUT2D eigenvalue weighted by atomic mass is 9.58. The Morgan fingerprint density at radius 2 is 1.94 bits per heavy atom. The largest absolute Gasteiger partial charge is 0.451 e. The minimum absolute atomic E-state index is 0.00564. The molecule has 2 fully saturated rings. The zero-order valence-electron chi connectivity index (χ0n) is 19.1. The van der Waals surface area contributed by atoms with Gasteiger partial charge >= 0.3 is 5.97 Å². The first kappa shape index (κ1) is 22.4. The van der Waals surface area contributed by atoms with Crippen molar-refractivity contribution in [3.8, 4) is 0 Å². The number of allylic oxidation sites excluding steroid dienone is 1. The molecule has 0 saturated heterocycles. The molecule has 31 heavy (non-hydrogen) atoms. The minimum atomic E-state index is -2.05. The van der Waals surface area contributed by atoms with Gasteiger partial charge in [-0.15, -0.1) is 0 Å². The summed E-state index contributed by atoms with van der Waals surface area (Å²) in [6.45, 7) is 11.4. The quantitative estimate of drug-likeness (QED) is 0.275. The Bertz CT molecular complexity index is 913. The van der Waals surface area contributed by atoms with E-state index in [9.17, 15) is 24.9 Å². The molecule has 6 heteroatoms. The Hall–Kier alpha value is -1.76. The smallest absolute Gasteiger partial charge is 0.334 e. The lowest BCUT2D eigenvalue weighted by Crippen LogP contribution is -2.66. The monoisotopic (exact) mass is 430 g/mol. The van der Waals surface area contributed by atoms with Crippen LogP contribution in [0, 0.1) is 34.5 Å². The van der Waals surface area contributed by atoms with Crippen molar-refractivity contribution in [1.82, 2.24) is 0 Å². The Morgan fingerprint density at radius 3 is 2.52 bits per heavy atom. The Balaban J connectivity index is 1.91. The van der Waals surface area contributed by atoms with Crippen LogP contribution in [-0.2, 0) is 14.3 Å². The fourth-order valence-electron chi connectivity index (χ4n) is 7.13. The van der Waals surface area contributed by atoms with E-state index in [2.05, 4.69) is 13.8 Å². The second kappa shape index (κ2) is 6.87. The van der Waals surface area contributed by atoms with Crippen LogP contribution in [0.5, 0.6) is 0 Å². The maximum atomic E-state index is 12.6. The Morgan fingerprint density at radius 1 is 1.29 bits per heavy atom. The SMILES string of the molecule is C/C=C(/C)C(=O)O[C@H]1C(C)=C[C@]23C(O)[C@@H](C=C(C=O)[C@@H](O)[C@]12O)[C@H]1[C@@H](C[C@H]3C)C1(C)C. The van der Waals surface area contributed by atoms with Crippen LogP contribution in [0.3, 0.4) is 0 Å². The molecule has 0 aromatic rings. The zero-order chi connectivity index (χ0) is 23.1. The number of aliphatic hydroxyl groups excluding tert-OH is 2. The highest BCUT2D eigenvalue weighted by Gasteiger charge is 2.76. The van der Waals surface area contributed by atoms with Crippen molar-refractivity contribution >= 4 is 12.3 Å². The topological polar surface area (TPSA) is 104 Å². The molecule has 3 N–H and O–H groups in total. The molecule has 0 amide bonds. The van der Waals surface area contributed by atoms with Gasteiger partial charge in [0, 0.05) is 17.1 Å². The third kappa shape index (κ3) is 2.61. The number of ether oxygens (including phenoxy) is 1. The number of rotatable bonds is 3. The van der Waals surface area contributed by atoms with Crippen LogP contribution in [0.25, 0.3) is 0 Å². The second-order valence-electron chi connectivity index (χ2n) is 10.7. The molecule has 1 spiro atoms. The Kier molecular flexibility index (Phi) is 4.97. The molecular formula is C25H34O6. The summed E-state index contributed by atoms with van der Waals surface area (Å²) in [5.74, 6) is -0.706. The number of esters is 1. The van der Waals surface area contributed by atoms with Gasteiger partial charge in [0.1, 0.15) is 18.0 Å². The molecule has 6 nitrogen and oxygen atoms in total. The van der Waals surface area contributed by atoms with Gasteiger partial charge in [0.25, 0.3) is 0 Å². The van der Waals surface area contributed by atoms with Gasteiger partial charge in [-0.25, -0.2) is 4.79 Å². The molecule has 4 rings (SSSR count). The standard InChI is InChI=1S/C25H34O6/c1-7-12(2)22(29)31-21-13(3)10-24-14(4)8-17-18(23(17,5)6)16(20(24)28)9-15(11-26)19(27)25(21,24)30/h7,9-11,14,16-21,27-28,30H,8H2,1-6H3/b12-7-/t14-,16+,17-,18+,19-,20?,21+,24+,25+/m1/s1. The summed E-state index contributed by atoms with van der Waals surface area (Å²) in [7, 11) is 0. The number of carbonyl (C=O) groups is 2. The maximum absolute atomic E-state index is 12.6. The summed E-state index contributed by atoms with van der Waals surface area (Å²) in [4.78, 5) is 24.6. The maximum Gasteiger partial charge on any atom is 0.334 e. The summed E-state index contributed by atoms with van der Waals surface area (Å²) in [5.41, 5.74) is -2.31. The summed E-state index contributed by atoms with van der Waals surface area (Å²) < 4.78 is 5.73. The molecule has 0 aliphatic heterocycles.